The normalized spacial score (nSPS) is 13.6. The Kier molecular flexibility index (Phi) is 10.1. The Morgan fingerprint density at radius 1 is 0.443 bits per heavy atom. The van der Waals surface area contributed by atoms with Crippen molar-refractivity contribution in [1.29, 1.82) is 0 Å². The van der Waals surface area contributed by atoms with Crippen LogP contribution in [0.4, 0.5) is 11.4 Å². The minimum Gasteiger partial charge on any atom is -0.477 e. The zero-order valence-electron chi connectivity index (χ0n) is 37.4. The van der Waals surface area contributed by atoms with Crippen LogP contribution in [0.3, 0.4) is 0 Å². The smallest absolute Gasteiger partial charge is 0.187 e. The summed E-state index contributed by atoms with van der Waals surface area (Å²) in [6, 6.07) is 63.2. The maximum Gasteiger partial charge on any atom is 0.187 e. The number of nitrogens with zero attached hydrogens (tertiary/aromatic N) is 10. The molecule has 0 amide bonds. The maximum atomic E-state index is 7.47. The Balaban J connectivity index is 0.978. The molecule has 0 N–H and O–H groups in total. The molecule has 3 aromatic heterocycles. The molecular formula is C59H36N10O. The third kappa shape index (κ3) is 7.46. The van der Waals surface area contributed by atoms with E-state index in [0.717, 1.165) is 72.4 Å². The number of hydrogen-bond donors (Lipinski definition) is 0. The number of imidazole rings is 1. The van der Waals surface area contributed by atoms with E-state index in [9.17, 15) is 0 Å². The van der Waals surface area contributed by atoms with Gasteiger partial charge < -0.3 is 4.74 Å². The van der Waals surface area contributed by atoms with Crippen LogP contribution in [-0.2, 0) is 5.60 Å². The highest BCUT2D eigenvalue weighted by atomic mass is 16.5. The zero-order chi connectivity index (χ0) is 47.2. The van der Waals surface area contributed by atoms with Crippen LogP contribution in [0.2, 0.25) is 0 Å². The summed E-state index contributed by atoms with van der Waals surface area (Å²) in [6.07, 6.45) is 1.84. The predicted molar refractivity (Wildman–Crippen MR) is 272 cm³/mol. The van der Waals surface area contributed by atoms with Gasteiger partial charge in [0.1, 0.15) is 12.1 Å². The summed E-state index contributed by atoms with van der Waals surface area (Å²) in [5.74, 6) is 3.63. The van der Waals surface area contributed by atoms with Crippen molar-refractivity contribution >= 4 is 22.4 Å². The SMILES string of the molecule is [C-]#[N+]c1ccc(-c2nc(-c3ccc([N+]#[C-])cc3)nc(-c3ccc4c(c3)C(C)(c3ccccc3)Oc3cc(-c5nc(-c6ccccc6)nc(-c6ccc7c(c6)ncn7-c6ccccc6)n5)ccc3-4)n2)cc1. The molecule has 0 bridgehead atoms. The number of para-hydroxylation sites is 1. The fraction of sp³-hybridized carbons (Fsp3) is 0.0339. The van der Waals surface area contributed by atoms with Crippen LogP contribution >= 0.6 is 0 Å². The molecule has 0 saturated heterocycles. The molecule has 1 atom stereocenters. The molecule has 0 aliphatic carbocycles. The standard InChI is InChI=1S/C59H36N10O/c1-59(43-15-9-5-10-16-43)49-33-40(56-66-54(38-19-26-44(60-2)27-20-38)63-55(67-56)39-21-28-45(61-3)29-22-39)23-30-47(49)48-31-24-42(35-52(48)70-59)58-65-53(37-13-7-4-8-14-37)64-57(68-58)41-25-32-51-50(34-41)62-36-69(51)46-17-11-6-12-18-46/h4-36H,1H3. The van der Waals surface area contributed by atoms with Crippen molar-refractivity contribution in [3.63, 3.8) is 0 Å². The summed E-state index contributed by atoms with van der Waals surface area (Å²) in [4.78, 5) is 42.0. The van der Waals surface area contributed by atoms with Gasteiger partial charge in [-0.25, -0.2) is 44.6 Å². The Labute approximate surface area is 402 Å². The van der Waals surface area contributed by atoms with Crippen molar-refractivity contribution in [2.24, 2.45) is 0 Å². The molecule has 1 unspecified atom stereocenters. The second kappa shape index (κ2) is 17.0. The molecule has 11 nitrogen and oxygen atoms in total. The highest BCUT2D eigenvalue weighted by Crippen LogP contribution is 2.50. The van der Waals surface area contributed by atoms with Crippen LogP contribution in [0.5, 0.6) is 5.75 Å². The molecule has 328 valence electrons. The average Bonchev–Trinajstić information content (AvgIpc) is 3.87. The summed E-state index contributed by atoms with van der Waals surface area (Å²) in [5, 5.41) is 0. The molecule has 0 saturated carbocycles. The van der Waals surface area contributed by atoms with Crippen molar-refractivity contribution in [2.75, 3.05) is 0 Å². The van der Waals surface area contributed by atoms with Crippen LogP contribution in [0.1, 0.15) is 18.1 Å². The van der Waals surface area contributed by atoms with Gasteiger partial charge in [-0.3, -0.25) is 4.57 Å². The minimum absolute atomic E-state index is 0.458. The molecule has 70 heavy (non-hydrogen) atoms. The largest absolute Gasteiger partial charge is 0.477 e. The van der Waals surface area contributed by atoms with Gasteiger partial charge in [0.05, 0.1) is 24.2 Å². The van der Waals surface area contributed by atoms with Gasteiger partial charge in [-0.1, -0.05) is 146 Å². The van der Waals surface area contributed by atoms with Crippen molar-refractivity contribution in [1.82, 2.24) is 39.5 Å². The molecule has 12 rings (SSSR count). The molecule has 8 aromatic carbocycles. The van der Waals surface area contributed by atoms with E-state index in [1.165, 1.54) is 0 Å². The summed E-state index contributed by atoms with van der Waals surface area (Å²) in [7, 11) is 0. The first kappa shape index (κ1) is 41.5. The average molecular weight is 901 g/mol. The molecule has 4 heterocycles. The van der Waals surface area contributed by atoms with Gasteiger partial charge in [0.2, 0.25) is 0 Å². The lowest BCUT2D eigenvalue weighted by Gasteiger charge is -2.38. The van der Waals surface area contributed by atoms with Crippen LogP contribution in [0.15, 0.2) is 200 Å². The van der Waals surface area contributed by atoms with E-state index in [4.69, 9.17) is 52.8 Å². The first-order valence-electron chi connectivity index (χ1n) is 22.5. The maximum absolute atomic E-state index is 7.47. The summed E-state index contributed by atoms with van der Waals surface area (Å²) >= 11 is 0. The van der Waals surface area contributed by atoms with Gasteiger partial charge in [-0.2, -0.15) is 0 Å². The zero-order valence-corrected chi connectivity index (χ0v) is 37.4. The second-order valence-electron chi connectivity index (χ2n) is 16.9. The second-order valence-corrected chi connectivity index (χ2v) is 16.9. The summed E-state index contributed by atoms with van der Waals surface area (Å²) in [6.45, 7) is 17.0. The Bertz CT molecular complexity index is 3810. The van der Waals surface area contributed by atoms with Gasteiger partial charge >= 0.3 is 0 Å². The lowest BCUT2D eigenvalue weighted by molar-refractivity contribution is 0.129. The highest BCUT2D eigenvalue weighted by Gasteiger charge is 2.39. The Morgan fingerprint density at radius 3 is 1.44 bits per heavy atom. The van der Waals surface area contributed by atoms with E-state index in [0.29, 0.717) is 52.1 Å². The van der Waals surface area contributed by atoms with Gasteiger partial charge in [-0.05, 0) is 66.6 Å². The van der Waals surface area contributed by atoms with Crippen molar-refractivity contribution in [3.05, 3.63) is 234 Å². The Morgan fingerprint density at radius 2 is 0.886 bits per heavy atom. The molecule has 11 heteroatoms. The number of hydrogen-bond acceptors (Lipinski definition) is 8. The summed E-state index contributed by atoms with van der Waals surface area (Å²) in [5.41, 5.74) is 11.4. The lowest BCUT2D eigenvalue weighted by atomic mass is 9.79. The third-order valence-electron chi connectivity index (χ3n) is 12.6. The molecule has 1 aliphatic rings. The van der Waals surface area contributed by atoms with E-state index < -0.39 is 5.60 Å². The number of fused-ring (bicyclic) bond motifs is 4. The van der Waals surface area contributed by atoms with E-state index in [2.05, 4.69) is 69.7 Å². The molecular weight excluding hydrogens is 865 g/mol. The number of ether oxygens (including phenoxy) is 1. The van der Waals surface area contributed by atoms with Crippen LogP contribution < -0.4 is 4.74 Å². The monoisotopic (exact) mass is 900 g/mol. The number of benzene rings is 8. The van der Waals surface area contributed by atoms with Gasteiger partial charge in [0.25, 0.3) is 0 Å². The van der Waals surface area contributed by atoms with Crippen LogP contribution in [0, 0.1) is 13.1 Å². The molecule has 0 radical (unpaired) electrons. The number of aromatic nitrogens is 8. The fourth-order valence-electron chi connectivity index (χ4n) is 8.96. The van der Waals surface area contributed by atoms with Gasteiger partial charge in [-0.15, -0.1) is 0 Å². The fourth-order valence-corrected chi connectivity index (χ4v) is 8.96. The van der Waals surface area contributed by atoms with E-state index in [1.807, 2.05) is 128 Å². The highest BCUT2D eigenvalue weighted by molar-refractivity contribution is 5.85. The predicted octanol–water partition coefficient (Wildman–Crippen LogP) is 13.8. The van der Waals surface area contributed by atoms with E-state index in [-0.39, 0.29) is 0 Å². The lowest BCUT2D eigenvalue weighted by Crippen LogP contribution is -2.34. The van der Waals surface area contributed by atoms with Gasteiger partial charge in [0, 0.05) is 50.2 Å². The quantitative estimate of drug-likeness (QED) is 0.139. The van der Waals surface area contributed by atoms with Crippen molar-refractivity contribution in [3.8, 4) is 90.9 Å². The molecule has 11 aromatic rings. The first-order chi connectivity index (χ1) is 34.4. The topological polar surface area (TPSA) is 113 Å². The van der Waals surface area contributed by atoms with Crippen LogP contribution in [0.25, 0.3) is 106 Å². The molecule has 0 fully saturated rings. The molecule has 0 spiro atoms. The summed E-state index contributed by atoms with van der Waals surface area (Å²) < 4.78 is 9.32. The first-order valence-corrected chi connectivity index (χ1v) is 22.5. The minimum atomic E-state index is -0.958. The van der Waals surface area contributed by atoms with Gasteiger partial charge in [0.15, 0.2) is 51.9 Å². The molecule has 1 aliphatic heterocycles. The van der Waals surface area contributed by atoms with E-state index in [1.54, 1.807) is 24.3 Å². The third-order valence-corrected chi connectivity index (χ3v) is 12.6. The van der Waals surface area contributed by atoms with Crippen molar-refractivity contribution < 1.29 is 4.74 Å². The Hall–Kier alpha value is -9.97. The van der Waals surface area contributed by atoms with Crippen LogP contribution in [-0.4, -0.2) is 39.5 Å². The number of rotatable bonds is 8. The van der Waals surface area contributed by atoms with Crippen molar-refractivity contribution in [2.45, 2.75) is 12.5 Å². The van der Waals surface area contributed by atoms with E-state index >= 15 is 0 Å².